The van der Waals surface area contributed by atoms with Gasteiger partial charge in [0.15, 0.2) is 39.6 Å². The van der Waals surface area contributed by atoms with Gasteiger partial charge in [-0.2, -0.15) is 0 Å². The van der Waals surface area contributed by atoms with Crippen molar-refractivity contribution in [2.75, 3.05) is 119 Å². The van der Waals surface area contributed by atoms with Gasteiger partial charge in [0.2, 0.25) is 0 Å². The molecule has 6 aromatic carbocycles. The molecule has 0 saturated carbocycles. The van der Waals surface area contributed by atoms with E-state index in [1.54, 1.807) is 0 Å². The van der Waals surface area contributed by atoms with Crippen LogP contribution in [0.15, 0.2) is 109 Å². The second kappa shape index (κ2) is 36.2. The molecule has 0 aliphatic heterocycles. The van der Waals surface area contributed by atoms with Crippen LogP contribution in [0.25, 0.3) is 0 Å². The molecule has 0 atom stereocenters. The van der Waals surface area contributed by atoms with Crippen molar-refractivity contribution in [2.24, 2.45) is 0 Å². The Morgan fingerprint density at radius 2 is 0.367 bits per heavy atom. The molecule has 1 aliphatic carbocycles. The Balaban J connectivity index is 1.50. The maximum Gasteiger partial charge on any atom is 0.258 e. The van der Waals surface area contributed by atoms with E-state index in [1.165, 1.54) is 0 Å². The number of carbonyl (C=O) groups is 6. The summed E-state index contributed by atoms with van der Waals surface area (Å²) in [4.78, 5) is 79.7. The average molecular weight is 1240 g/mol. The Morgan fingerprint density at radius 3 is 0.478 bits per heavy atom. The lowest BCUT2D eigenvalue weighted by Gasteiger charge is -2.22. The van der Waals surface area contributed by atoms with Crippen molar-refractivity contribution in [3.63, 3.8) is 0 Å². The monoisotopic (exact) mass is 1240 g/mol. The smallest absolute Gasteiger partial charge is 0.258 e. The summed E-state index contributed by atoms with van der Waals surface area (Å²) in [5, 5.41) is 73.1. The first-order valence-corrected chi connectivity index (χ1v) is 29.5. The number of nitrogens with one attached hydrogen (secondary N) is 6. The number of hydrogen-bond donors (Lipinski definition) is 12. The van der Waals surface area contributed by atoms with Crippen LogP contribution in [0.3, 0.4) is 0 Å². The summed E-state index contributed by atoms with van der Waals surface area (Å²) in [6, 6.07) is 32.8. The fraction of sp³-hybridized carbons (Fsp3) is 0.364. The first kappa shape index (κ1) is 68.2. The summed E-state index contributed by atoms with van der Waals surface area (Å²) >= 11 is 0. The Morgan fingerprint density at radius 1 is 0.244 bits per heavy atom. The number of fused-ring (bicyclic) bond motifs is 12. The highest BCUT2D eigenvalue weighted by Crippen LogP contribution is 2.40. The molecule has 0 saturated heterocycles. The van der Waals surface area contributed by atoms with Crippen molar-refractivity contribution in [1.29, 1.82) is 0 Å². The fourth-order valence-corrected chi connectivity index (χ4v) is 10.1. The molecule has 90 heavy (non-hydrogen) atoms. The van der Waals surface area contributed by atoms with Crippen LogP contribution in [0, 0.1) is 0 Å². The van der Waals surface area contributed by atoms with Gasteiger partial charge in [-0.15, -0.1) is 0 Å². The molecule has 24 heteroatoms. The normalized spacial score (nSPS) is 11.8. The van der Waals surface area contributed by atoms with Gasteiger partial charge in [-0.25, -0.2) is 0 Å². The lowest BCUT2D eigenvalue weighted by Crippen LogP contribution is -2.31. The summed E-state index contributed by atoms with van der Waals surface area (Å²) in [6.45, 7) is -4.76. The zero-order valence-electron chi connectivity index (χ0n) is 49.9. The highest BCUT2D eigenvalue weighted by Gasteiger charge is 2.25. The van der Waals surface area contributed by atoms with E-state index in [4.69, 9.17) is 28.4 Å². The van der Waals surface area contributed by atoms with Crippen LogP contribution in [0.5, 0.6) is 34.5 Å². The molecule has 0 spiro atoms. The van der Waals surface area contributed by atoms with Crippen molar-refractivity contribution in [3.8, 4) is 34.5 Å². The van der Waals surface area contributed by atoms with Gasteiger partial charge >= 0.3 is 0 Å². The van der Waals surface area contributed by atoms with Gasteiger partial charge in [-0.05, 0) is 66.8 Å². The maximum absolute atomic E-state index is 13.3. The maximum atomic E-state index is 13.3. The third-order valence-electron chi connectivity index (χ3n) is 14.0. The predicted octanol–water partition coefficient (Wildman–Crippen LogP) is 0.469. The molecule has 0 fully saturated rings. The first-order chi connectivity index (χ1) is 43.9. The van der Waals surface area contributed by atoms with Crippen molar-refractivity contribution in [2.45, 2.75) is 38.5 Å². The Kier molecular flexibility index (Phi) is 27.5. The topological polar surface area (TPSA) is 351 Å². The van der Waals surface area contributed by atoms with E-state index >= 15 is 0 Å². The van der Waals surface area contributed by atoms with Gasteiger partial charge in [0, 0.05) is 77.8 Å². The van der Waals surface area contributed by atoms with Gasteiger partial charge in [0.25, 0.3) is 35.4 Å². The zero-order chi connectivity index (χ0) is 64.0. The summed E-state index contributed by atoms with van der Waals surface area (Å²) < 4.78 is 38.9. The minimum Gasteiger partial charge on any atom is -0.483 e. The molecule has 6 amide bonds. The Hall–Kier alpha value is -9.30. The molecule has 24 nitrogen and oxygen atoms in total. The highest BCUT2D eigenvalue weighted by atomic mass is 16.5. The molecule has 12 N–H and O–H groups in total. The van der Waals surface area contributed by atoms with Gasteiger partial charge < -0.3 is 91.0 Å². The second-order valence-electron chi connectivity index (χ2n) is 20.7. The SMILES string of the molecule is O=C(COc1c2cccc1Cc1cccc(c1OCC(=O)NCCO)Cc1cccc(c1OCC(=O)NCCO)Cc1cccc(c1OCC(=O)NCCO)Cc1cccc(c1OCC(=O)NCCO)Cc1cccc(c1OCC(=O)NCCO)C2)NCCO. The molecule has 480 valence electrons. The summed E-state index contributed by atoms with van der Waals surface area (Å²) in [5.41, 5.74) is 6.98. The van der Waals surface area contributed by atoms with Crippen LogP contribution >= 0.6 is 0 Å². The first-order valence-electron chi connectivity index (χ1n) is 29.5. The summed E-state index contributed by atoms with van der Waals surface area (Å²) in [5.74, 6) is -1.24. The van der Waals surface area contributed by atoms with Gasteiger partial charge in [0.1, 0.15) is 34.5 Å². The Labute approximate surface area is 520 Å². The molecule has 1 aliphatic rings. The number of ether oxygens (including phenoxy) is 6. The van der Waals surface area contributed by atoms with Gasteiger partial charge in [-0.3, -0.25) is 28.8 Å². The quantitative estimate of drug-likeness (QED) is 0.0291. The fourth-order valence-electron chi connectivity index (χ4n) is 10.1. The molecule has 0 heterocycles. The molecule has 0 aromatic heterocycles. The minimum atomic E-state index is -0.515. The average Bonchev–Trinajstić information content (AvgIpc) is 0.966. The number of para-hydroxylation sites is 6. The van der Waals surface area contributed by atoms with E-state index in [-0.39, 0.29) is 117 Å². The minimum absolute atomic E-state index is 0.0242. The van der Waals surface area contributed by atoms with Crippen molar-refractivity contribution in [3.05, 3.63) is 176 Å². The molecule has 12 bridgehead atoms. The van der Waals surface area contributed by atoms with E-state index in [0.717, 1.165) is 0 Å². The number of benzene rings is 6. The van der Waals surface area contributed by atoms with Crippen LogP contribution in [-0.4, -0.2) is 185 Å². The standard InChI is InChI=1S/C66H78N6O18/c73-25-19-67-55(79)37-85-61-43-7-1-8-44(61)32-46-10-3-12-48(63(46)87-39-57(81)69-21-27-75)34-50-14-5-16-52(65(50)89-41-59(83)71-23-29-77)36-54-18-6-17-53(66(54)90-42-60(84)72-24-30-78)35-51-15-4-13-49(64(51)88-40-58(82)70-22-28-76)33-47-11-2-9-45(31-43)62(47)86-38-56(80)68-20-26-74/h1-18,73-78H,19-42H2,(H,67,79)(H,68,80)(H,69,81)(H,70,82)(H,71,83)(H,72,84). The largest absolute Gasteiger partial charge is 0.483 e. The van der Waals surface area contributed by atoms with Crippen LogP contribution in [0.2, 0.25) is 0 Å². The molecule has 6 aromatic rings. The molecular weight excluding hydrogens is 1160 g/mol. The number of carbonyl (C=O) groups excluding carboxylic acids is 6. The summed E-state index contributed by atoms with van der Waals surface area (Å²) in [7, 11) is 0. The molecular formula is C66H78N6O18. The van der Waals surface area contributed by atoms with E-state index < -0.39 is 75.1 Å². The number of aliphatic hydroxyl groups excluding tert-OH is 6. The number of aliphatic hydroxyl groups is 6. The summed E-state index contributed by atoms with van der Waals surface area (Å²) in [6.07, 6.45) is 0.583. The van der Waals surface area contributed by atoms with E-state index in [0.29, 0.717) is 101 Å². The highest BCUT2D eigenvalue weighted by molar-refractivity contribution is 5.80. The van der Waals surface area contributed by atoms with Crippen LogP contribution in [0.4, 0.5) is 0 Å². The lowest BCUT2D eigenvalue weighted by atomic mass is 9.91. The number of amides is 6. The number of rotatable bonds is 30. The number of hydrogen-bond acceptors (Lipinski definition) is 18. The predicted molar refractivity (Wildman–Crippen MR) is 329 cm³/mol. The lowest BCUT2D eigenvalue weighted by molar-refractivity contribution is -0.124. The Bertz CT molecular complexity index is 2710. The second-order valence-corrected chi connectivity index (χ2v) is 20.7. The molecule has 7 rings (SSSR count). The van der Waals surface area contributed by atoms with Crippen molar-refractivity contribution < 1.29 is 87.8 Å². The van der Waals surface area contributed by atoms with E-state index in [2.05, 4.69) is 31.9 Å². The van der Waals surface area contributed by atoms with Crippen LogP contribution in [0.1, 0.15) is 66.8 Å². The molecule has 0 radical (unpaired) electrons. The van der Waals surface area contributed by atoms with Gasteiger partial charge in [-0.1, -0.05) is 109 Å². The van der Waals surface area contributed by atoms with E-state index in [9.17, 15) is 59.4 Å². The van der Waals surface area contributed by atoms with E-state index in [1.807, 2.05) is 109 Å². The van der Waals surface area contributed by atoms with Crippen molar-refractivity contribution in [1.82, 2.24) is 31.9 Å². The third-order valence-corrected chi connectivity index (χ3v) is 14.0. The zero-order valence-corrected chi connectivity index (χ0v) is 49.9. The third kappa shape index (κ3) is 20.4. The van der Waals surface area contributed by atoms with Crippen LogP contribution < -0.4 is 60.3 Å². The van der Waals surface area contributed by atoms with Crippen molar-refractivity contribution >= 4 is 35.4 Å². The molecule has 0 unspecified atom stereocenters. The van der Waals surface area contributed by atoms with Crippen LogP contribution in [-0.2, 0) is 67.3 Å². The van der Waals surface area contributed by atoms with Gasteiger partial charge in [0.05, 0.1) is 39.6 Å².